The molecule has 1 heterocycles. The average Bonchev–Trinajstić information content (AvgIpc) is 2.80. The monoisotopic (exact) mass is 448 g/mol. The first-order valence-electron chi connectivity index (χ1n) is 12.0. The van der Waals surface area contributed by atoms with E-state index in [4.69, 9.17) is 17.6 Å². The summed E-state index contributed by atoms with van der Waals surface area (Å²) < 4.78 is 6.07. The number of nitrogens with zero attached hydrogens (tertiary/aromatic N) is 2. The maximum atomic E-state index is 6.07. The maximum Gasteiger partial charge on any atom is 0.126 e. The van der Waals surface area contributed by atoms with E-state index in [2.05, 4.69) is 69.7 Å². The van der Waals surface area contributed by atoms with Crippen molar-refractivity contribution in [2.75, 3.05) is 11.5 Å². The van der Waals surface area contributed by atoms with E-state index in [-0.39, 0.29) is 5.41 Å². The molecule has 2 aromatic rings. The molecule has 1 aliphatic heterocycles. The van der Waals surface area contributed by atoms with Gasteiger partial charge in [-0.3, -0.25) is 0 Å². The Bertz CT molecular complexity index is 1230. The molecule has 0 spiro atoms. The zero-order valence-corrected chi connectivity index (χ0v) is 21.0. The molecule has 0 aromatic heterocycles. The van der Waals surface area contributed by atoms with Crippen LogP contribution in [0.15, 0.2) is 82.5 Å². The number of hydrogen-bond acceptors (Lipinski definition) is 3. The molecule has 4 rings (SSSR count). The molecule has 1 aliphatic carbocycles. The zero-order valence-electron chi connectivity index (χ0n) is 21.0. The molecule has 2 aromatic carbocycles. The lowest BCUT2D eigenvalue weighted by Gasteiger charge is -2.32. The summed E-state index contributed by atoms with van der Waals surface area (Å²) in [6.07, 6.45) is 1.85. The second kappa shape index (κ2) is 9.59. The van der Waals surface area contributed by atoms with Crippen LogP contribution in [0.4, 0.5) is 5.69 Å². The highest BCUT2D eigenvalue weighted by Gasteiger charge is 2.28. The minimum atomic E-state index is 0.0993. The molecule has 172 valence electrons. The number of benzene rings is 2. The smallest absolute Gasteiger partial charge is 0.126 e. The first-order valence-corrected chi connectivity index (χ1v) is 12.0. The second-order valence-corrected chi connectivity index (χ2v) is 10.5. The van der Waals surface area contributed by atoms with Gasteiger partial charge in [-0.25, -0.2) is 4.99 Å². The summed E-state index contributed by atoms with van der Waals surface area (Å²) in [5.41, 5.74) is 14.3. The summed E-state index contributed by atoms with van der Waals surface area (Å²) in [5.74, 6) is 2.03. The topological polar surface area (TPSA) is 24.8 Å². The normalized spacial score (nSPS) is 15.6. The predicted octanol–water partition coefficient (Wildman–Crippen LogP) is 6.24. The lowest BCUT2D eigenvalue weighted by atomic mass is 9.81. The van der Waals surface area contributed by atoms with Crippen molar-refractivity contribution >= 4 is 24.7 Å². The lowest BCUT2D eigenvalue weighted by Crippen LogP contribution is -2.28. The number of fused-ring (bicyclic) bond motifs is 1. The number of aliphatic imine (C=N–C) groups is 1. The molecule has 0 N–H and O–H groups in total. The maximum absolute atomic E-state index is 6.07. The molecule has 0 saturated carbocycles. The van der Waals surface area contributed by atoms with Crippen LogP contribution in [0.3, 0.4) is 0 Å². The molecule has 3 nitrogen and oxygen atoms in total. The minimum Gasteiger partial charge on any atom is -0.493 e. The van der Waals surface area contributed by atoms with Crippen LogP contribution in [-0.2, 0) is 6.54 Å². The molecule has 2 aliphatic rings. The van der Waals surface area contributed by atoms with Crippen LogP contribution >= 0.6 is 0 Å². The van der Waals surface area contributed by atoms with Crippen molar-refractivity contribution in [3.63, 3.8) is 0 Å². The third kappa shape index (κ3) is 5.31. The fraction of sp³-hybridized carbons (Fsp3) is 0.367. The molecule has 2 radical (unpaired) electrons. The van der Waals surface area contributed by atoms with Crippen molar-refractivity contribution in [3.05, 3.63) is 88.6 Å². The quantitative estimate of drug-likeness (QED) is 0.386. The van der Waals surface area contributed by atoms with Crippen LogP contribution in [-0.4, -0.2) is 20.2 Å². The molecule has 34 heavy (non-hydrogen) atoms. The van der Waals surface area contributed by atoms with Gasteiger partial charge in [-0.15, -0.1) is 0 Å². The summed E-state index contributed by atoms with van der Waals surface area (Å²) in [5, 5.41) is 0. The number of ether oxygens (including phenoxy) is 1. The molecule has 4 heteroatoms. The zero-order chi connectivity index (χ0) is 24.5. The van der Waals surface area contributed by atoms with Crippen molar-refractivity contribution in [2.45, 2.75) is 54.0 Å². The van der Waals surface area contributed by atoms with Gasteiger partial charge in [0.05, 0.1) is 18.0 Å². The van der Waals surface area contributed by atoms with Gasteiger partial charge in [0.15, 0.2) is 0 Å². The van der Waals surface area contributed by atoms with Crippen LogP contribution in [0.25, 0.3) is 0 Å². The van der Waals surface area contributed by atoms with E-state index in [1.807, 2.05) is 30.3 Å². The first kappa shape index (κ1) is 24.0. The Labute approximate surface area is 205 Å². The Balaban J connectivity index is 1.78. The van der Waals surface area contributed by atoms with E-state index in [0.29, 0.717) is 19.1 Å². The molecule has 0 unspecified atom stereocenters. The Morgan fingerprint density at radius 2 is 1.82 bits per heavy atom. The van der Waals surface area contributed by atoms with E-state index >= 15 is 0 Å². The summed E-state index contributed by atoms with van der Waals surface area (Å²) in [7, 11) is 5.88. The number of anilines is 1. The van der Waals surface area contributed by atoms with Crippen LogP contribution in [0.1, 0.15) is 58.6 Å². The van der Waals surface area contributed by atoms with Gasteiger partial charge in [-0.2, -0.15) is 0 Å². The highest BCUT2D eigenvalue weighted by Crippen LogP contribution is 2.38. The van der Waals surface area contributed by atoms with Gasteiger partial charge in [0.2, 0.25) is 0 Å². The fourth-order valence-corrected chi connectivity index (χ4v) is 4.16. The van der Waals surface area contributed by atoms with Gasteiger partial charge in [-0.1, -0.05) is 82.4 Å². The van der Waals surface area contributed by atoms with Gasteiger partial charge in [0.25, 0.3) is 0 Å². The predicted molar refractivity (Wildman–Crippen MR) is 143 cm³/mol. The average molecular weight is 448 g/mol. The van der Waals surface area contributed by atoms with E-state index in [1.54, 1.807) is 0 Å². The standard InChI is InChI=1S/C30H33BN2O/c1-20(2)19-34-26-15-16-28-27(17-26)29(23-9-11-24(12-10-23)30(4,5)6)32-21(3)33(28)18-22-7-13-25(31)14-8-22/h7-8,13-17,20H,3,9,11,18-19H2,1-2,4-6H3. The number of rotatable bonds is 6. The van der Waals surface area contributed by atoms with Crippen LogP contribution < -0.4 is 15.1 Å². The van der Waals surface area contributed by atoms with Gasteiger partial charge in [0, 0.05) is 17.7 Å². The van der Waals surface area contributed by atoms with Crippen LogP contribution in [0.2, 0.25) is 0 Å². The Hall–Kier alpha value is -3.19. The van der Waals surface area contributed by atoms with Gasteiger partial charge < -0.3 is 9.64 Å². The highest BCUT2D eigenvalue weighted by atomic mass is 16.5. The van der Waals surface area contributed by atoms with Gasteiger partial charge in [0.1, 0.15) is 19.4 Å². The van der Waals surface area contributed by atoms with Crippen molar-refractivity contribution in [3.8, 4) is 5.75 Å². The third-order valence-electron chi connectivity index (χ3n) is 6.15. The molecule has 0 atom stereocenters. The van der Waals surface area contributed by atoms with Crippen molar-refractivity contribution in [1.82, 2.24) is 0 Å². The first-order chi connectivity index (χ1) is 16.1. The summed E-state index contributed by atoms with van der Waals surface area (Å²) >= 11 is 0. The minimum absolute atomic E-state index is 0.0993. The highest BCUT2D eigenvalue weighted by molar-refractivity contribution is 6.32. The summed E-state index contributed by atoms with van der Waals surface area (Å²) in [6.45, 7) is 16.6. The second-order valence-electron chi connectivity index (χ2n) is 10.5. The fourth-order valence-electron chi connectivity index (χ4n) is 4.16. The molecule has 0 fully saturated rings. The molecule has 0 bridgehead atoms. The largest absolute Gasteiger partial charge is 0.493 e. The van der Waals surface area contributed by atoms with Crippen molar-refractivity contribution in [2.24, 2.45) is 16.3 Å². The Morgan fingerprint density at radius 3 is 2.44 bits per heavy atom. The van der Waals surface area contributed by atoms with Crippen molar-refractivity contribution < 1.29 is 4.74 Å². The molecule has 0 saturated heterocycles. The van der Waals surface area contributed by atoms with E-state index in [9.17, 15) is 0 Å². The Morgan fingerprint density at radius 1 is 1.09 bits per heavy atom. The van der Waals surface area contributed by atoms with Crippen LogP contribution in [0, 0.1) is 11.3 Å². The third-order valence-corrected chi connectivity index (χ3v) is 6.15. The summed E-state index contributed by atoms with van der Waals surface area (Å²) in [6, 6.07) is 14.2. The lowest BCUT2D eigenvalue weighted by molar-refractivity contribution is 0.271. The van der Waals surface area contributed by atoms with Gasteiger partial charge in [-0.05, 0) is 53.5 Å². The summed E-state index contributed by atoms with van der Waals surface area (Å²) in [4.78, 5) is 7.14. The van der Waals surface area contributed by atoms with E-state index in [0.717, 1.165) is 58.0 Å². The number of allylic oxidation sites excluding steroid dienone is 2. The molecular formula is C30H33BN2O. The van der Waals surface area contributed by atoms with E-state index in [1.165, 1.54) is 5.57 Å². The molecule has 0 amide bonds. The van der Waals surface area contributed by atoms with Crippen molar-refractivity contribution in [1.29, 1.82) is 0 Å². The van der Waals surface area contributed by atoms with E-state index < -0.39 is 0 Å². The van der Waals surface area contributed by atoms with Crippen LogP contribution in [0.5, 0.6) is 5.75 Å². The SMILES string of the molecule is [B]c1ccc(CN2C(=C)N=C(C3=C=C=C(C(C)(C)C)CC3)c3cc(OCC(C)C)ccc32)cc1. The molecular weight excluding hydrogens is 415 g/mol. The Kier molecular flexibility index (Phi) is 6.75. The number of hydrogen-bond donors (Lipinski definition) is 0. The van der Waals surface area contributed by atoms with Gasteiger partial charge >= 0.3 is 0 Å².